The van der Waals surface area contributed by atoms with Gasteiger partial charge in [0.2, 0.25) is 0 Å². The molecule has 244 valence electrons. The summed E-state index contributed by atoms with van der Waals surface area (Å²) in [7, 11) is 0. The van der Waals surface area contributed by atoms with Gasteiger partial charge in [-0.25, -0.2) is 9.97 Å². The van der Waals surface area contributed by atoms with Crippen LogP contribution in [0.2, 0.25) is 0 Å². The average Bonchev–Trinajstić information content (AvgIpc) is 3.79. The zero-order chi connectivity index (χ0) is 53.6. The zero-order valence-corrected chi connectivity index (χ0v) is 26.4. The van der Waals surface area contributed by atoms with Crippen LogP contribution in [-0.4, -0.2) is 9.97 Å². The number of benzene rings is 8. The number of rotatable bonds is 6. The second kappa shape index (κ2) is 12.4. The summed E-state index contributed by atoms with van der Waals surface area (Å²) in [5.74, 6) is 0. The van der Waals surface area contributed by atoms with Crippen LogP contribution in [0.15, 0.2) is 192 Å². The molecule has 4 nitrogen and oxygen atoms in total. The summed E-state index contributed by atoms with van der Waals surface area (Å²) in [6.45, 7) is 0. The minimum Gasteiger partial charge on any atom is -0.456 e. The Hall–Kier alpha value is -7.04. The van der Waals surface area contributed by atoms with Crippen LogP contribution in [0.4, 0.5) is 17.1 Å². The fourth-order valence-electron chi connectivity index (χ4n) is 5.87. The van der Waals surface area contributed by atoms with Crippen molar-refractivity contribution in [2.75, 3.05) is 4.90 Å². The first-order chi connectivity index (χ1) is 35.0. The second-order valence-corrected chi connectivity index (χ2v) is 11.3. The molecule has 0 atom stereocenters. The van der Waals surface area contributed by atoms with E-state index in [1.807, 2.05) is 0 Å². The van der Waals surface area contributed by atoms with Gasteiger partial charge < -0.3 is 9.32 Å². The van der Waals surface area contributed by atoms with Gasteiger partial charge in [-0.15, -0.1) is 0 Å². The number of nitrogens with zero attached hydrogens (tertiary/aromatic N) is 3. The predicted octanol–water partition coefficient (Wildman–Crippen LogP) is 13.2. The molecule has 0 N–H and O–H groups in total. The maximum atomic E-state index is 9.56. The average molecular weight is 688 g/mol. The van der Waals surface area contributed by atoms with Crippen LogP contribution in [0.3, 0.4) is 0 Å². The van der Waals surface area contributed by atoms with Crippen LogP contribution in [0.25, 0.3) is 77.4 Å². The van der Waals surface area contributed by atoms with Crippen molar-refractivity contribution in [3.63, 3.8) is 0 Å². The first-order valence-corrected chi connectivity index (χ1v) is 15.7. The summed E-state index contributed by atoms with van der Waals surface area (Å²) in [5, 5.41) is -1.85. The molecule has 10 aromatic rings. The topological polar surface area (TPSA) is 42.2 Å². The number of para-hydroxylation sites is 4. The fraction of sp³-hybridized carbons (Fsp3) is 0. The van der Waals surface area contributed by atoms with Crippen LogP contribution in [-0.2, 0) is 0 Å². The molecule has 0 unspecified atom stereocenters. The number of hydrogen-bond donors (Lipinski definition) is 0. The minimum absolute atomic E-state index is 0.0503. The Balaban J connectivity index is 1.29. The SMILES string of the molecule is [2H]c1c([2H])c([2H])c(N(c2c([2H])c([2H])c([2H])c([2H])c2[2H])c2c([2H])c([2H])c3c([2H])c(-c4c([2H])c([2H])c5c(oc6c([2H])c([2H])c([2H])c(-c7nc8ccccc8nc7-c7ccccc7)c65)c4[2H])c([2H])c([2H])c3c2[2H])c([2H])c1[2H]. The summed E-state index contributed by atoms with van der Waals surface area (Å²) >= 11 is 0. The van der Waals surface area contributed by atoms with E-state index < -0.39 is 177 Å². The quantitative estimate of drug-likeness (QED) is 0.174. The molecule has 0 fully saturated rings. The van der Waals surface area contributed by atoms with Crippen molar-refractivity contribution < 1.29 is 34.6 Å². The van der Waals surface area contributed by atoms with Gasteiger partial charge in [0, 0.05) is 39.0 Å². The third-order valence-corrected chi connectivity index (χ3v) is 8.18. The molecule has 0 saturated heterocycles. The third kappa shape index (κ3) is 5.17. The summed E-state index contributed by atoms with van der Waals surface area (Å²) < 4.78 is 204. The van der Waals surface area contributed by atoms with Gasteiger partial charge in [0.1, 0.15) is 11.2 Å². The maximum absolute atomic E-state index is 9.56. The summed E-state index contributed by atoms with van der Waals surface area (Å²) in [6, 6.07) is -4.01. The van der Waals surface area contributed by atoms with E-state index in [1.54, 1.807) is 54.6 Å². The zero-order valence-electron chi connectivity index (χ0n) is 48.4. The normalized spacial score (nSPS) is 17.4. The van der Waals surface area contributed by atoms with Crippen molar-refractivity contribution in [1.29, 1.82) is 0 Å². The molecular weight excluding hydrogens is 635 g/mol. The van der Waals surface area contributed by atoms with Gasteiger partial charge in [0.15, 0.2) is 0 Å². The molecule has 10 rings (SSSR count). The highest BCUT2D eigenvalue weighted by Gasteiger charge is 2.19. The molecule has 2 heterocycles. The monoisotopic (exact) mass is 687 g/mol. The molecule has 0 amide bonds. The molecule has 8 aromatic carbocycles. The van der Waals surface area contributed by atoms with Gasteiger partial charge in [0.05, 0.1) is 52.6 Å². The molecule has 0 saturated carbocycles. The van der Waals surface area contributed by atoms with Crippen molar-refractivity contribution in [1.82, 2.24) is 9.97 Å². The first-order valence-electron chi connectivity index (χ1n) is 26.7. The third-order valence-electron chi connectivity index (χ3n) is 8.18. The van der Waals surface area contributed by atoms with E-state index in [0.29, 0.717) is 21.5 Å². The number of fused-ring (bicyclic) bond motifs is 5. The highest BCUT2D eigenvalue weighted by Crippen LogP contribution is 2.41. The van der Waals surface area contributed by atoms with E-state index in [4.69, 9.17) is 30.8 Å². The van der Waals surface area contributed by atoms with Crippen LogP contribution in [0.1, 0.15) is 30.2 Å². The fourth-order valence-corrected chi connectivity index (χ4v) is 5.87. The number of anilines is 3. The van der Waals surface area contributed by atoms with E-state index in [9.17, 15) is 13.7 Å². The molecule has 0 aliphatic heterocycles. The Morgan fingerprint density at radius 1 is 0.462 bits per heavy atom. The van der Waals surface area contributed by atoms with Crippen molar-refractivity contribution in [3.8, 4) is 33.6 Å². The van der Waals surface area contributed by atoms with Crippen molar-refractivity contribution in [2.45, 2.75) is 0 Å². The number of aromatic nitrogens is 2. The van der Waals surface area contributed by atoms with E-state index >= 15 is 0 Å². The smallest absolute Gasteiger partial charge is 0.136 e. The van der Waals surface area contributed by atoms with Crippen LogP contribution in [0, 0.1) is 0 Å². The van der Waals surface area contributed by atoms with Crippen LogP contribution < -0.4 is 4.90 Å². The molecule has 52 heavy (non-hydrogen) atoms. The highest BCUT2D eigenvalue weighted by molar-refractivity contribution is 6.14. The summed E-state index contributed by atoms with van der Waals surface area (Å²) in [4.78, 5) is 10.2. The van der Waals surface area contributed by atoms with E-state index in [2.05, 4.69) is 0 Å². The van der Waals surface area contributed by atoms with Gasteiger partial charge in [-0.1, -0.05) is 115 Å². The second-order valence-electron chi connectivity index (χ2n) is 11.3. The van der Waals surface area contributed by atoms with Crippen LogP contribution >= 0.6 is 0 Å². The Morgan fingerprint density at radius 3 is 1.85 bits per heavy atom. The lowest BCUT2D eigenvalue weighted by atomic mass is 9.97. The van der Waals surface area contributed by atoms with Gasteiger partial charge in [-0.3, -0.25) is 0 Å². The lowest BCUT2D eigenvalue weighted by Crippen LogP contribution is -2.09. The molecule has 0 aliphatic carbocycles. The maximum Gasteiger partial charge on any atom is 0.136 e. The van der Waals surface area contributed by atoms with Crippen molar-refractivity contribution in [2.24, 2.45) is 0 Å². The summed E-state index contributed by atoms with van der Waals surface area (Å²) in [5.41, 5.74) is -3.37. The van der Waals surface area contributed by atoms with Gasteiger partial charge in [-0.05, 0) is 94.5 Å². The van der Waals surface area contributed by atoms with E-state index in [0.717, 1.165) is 0 Å². The lowest BCUT2D eigenvalue weighted by Gasteiger charge is -2.25. The van der Waals surface area contributed by atoms with Gasteiger partial charge in [0.25, 0.3) is 0 Å². The largest absolute Gasteiger partial charge is 0.456 e. The van der Waals surface area contributed by atoms with Gasteiger partial charge in [-0.2, -0.15) is 0 Å². The summed E-state index contributed by atoms with van der Waals surface area (Å²) in [6.07, 6.45) is 0. The first kappa shape index (κ1) is 15.1. The Kier molecular flexibility index (Phi) is 3.58. The van der Waals surface area contributed by atoms with E-state index in [1.165, 1.54) is 0 Å². The molecule has 0 radical (unpaired) electrons. The molecular formula is C48H31N3O. The van der Waals surface area contributed by atoms with Crippen molar-refractivity contribution in [3.05, 3.63) is 188 Å². The Labute approximate surface area is 331 Å². The molecule has 0 aliphatic rings. The minimum atomic E-state index is -1.08. The van der Waals surface area contributed by atoms with E-state index in [-0.39, 0.29) is 33.3 Å². The highest BCUT2D eigenvalue weighted by atomic mass is 16.3. The van der Waals surface area contributed by atoms with Gasteiger partial charge >= 0.3 is 0 Å². The Morgan fingerprint density at radius 2 is 1.10 bits per heavy atom. The number of furan rings is 1. The molecule has 2 aromatic heterocycles. The Bertz CT molecular complexity index is 4060. The predicted molar refractivity (Wildman–Crippen MR) is 215 cm³/mol. The van der Waals surface area contributed by atoms with Crippen molar-refractivity contribution >= 4 is 60.8 Å². The molecule has 0 bridgehead atoms. The molecule has 4 heteroatoms. The lowest BCUT2D eigenvalue weighted by molar-refractivity contribution is 0.669. The molecule has 0 spiro atoms. The van der Waals surface area contributed by atoms with Crippen LogP contribution in [0.5, 0.6) is 0 Å². The standard InChI is InChI=1S/C48H31N3O/c1-4-13-32(14-5-1)47-48(50-43-21-11-10-20-42(43)49-47)41-19-12-22-44-46(41)40-28-26-36(31-45(40)52-44)33-23-24-35-30-39(27-25-34(35)29-33)51(37-15-6-2-7-16-37)38-17-8-3-9-18-38/h1-31H/i2D,3D,6D,7D,8D,9D,12D,15D,16D,17D,18D,19D,22D,23D,24D,25D,26D,27D,28D,29D,30D,31D. The number of hydrogen-bond acceptors (Lipinski definition) is 4.